The minimum absolute atomic E-state index is 0.0862. The number of aromatic amines is 1. The van der Waals surface area contributed by atoms with Crippen molar-refractivity contribution in [2.45, 2.75) is 51.9 Å². The summed E-state index contributed by atoms with van der Waals surface area (Å²) in [4.78, 5) is 23.6. The van der Waals surface area contributed by atoms with Crippen LogP contribution in [-0.2, 0) is 11.2 Å². The second kappa shape index (κ2) is 12.8. The van der Waals surface area contributed by atoms with E-state index in [0.29, 0.717) is 37.1 Å². The molecule has 0 bridgehead atoms. The highest BCUT2D eigenvalue weighted by molar-refractivity contribution is 9.10. The Bertz CT molecular complexity index is 1140. The molecule has 9 nitrogen and oxygen atoms in total. The first-order valence-corrected chi connectivity index (χ1v) is 13.5. The Morgan fingerprint density at radius 1 is 1.19 bits per heavy atom. The van der Waals surface area contributed by atoms with Crippen LogP contribution in [-0.4, -0.2) is 57.2 Å². The molecule has 0 saturated heterocycles. The Morgan fingerprint density at radius 2 is 2.03 bits per heavy atom. The van der Waals surface area contributed by atoms with Crippen molar-refractivity contribution in [1.82, 2.24) is 30.4 Å². The monoisotopic (exact) mass is 554 g/mol. The van der Waals surface area contributed by atoms with E-state index in [1.807, 2.05) is 30.3 Å². The molecule has 4 rings (SSSR count). The van der Waals surface area contributed by atoms with E-state index < -0.39 is 0 Å². The van der Waals surface area contributed by atoms with Gasteiger partial charge in [0.05, 0.1) is 4.47 Å². The quantitative estimate of drug-likeness (QED) is 0.205. The fourth-order valence-corrected chi connectivity index (χ4v) is 4.28. The highest BCUT2D eigenvalue weighted by Gasteiger charge is 2.25. The van der Waals surface area contributed by atoms with Crippen LogP contribution in [0.4, 0.5) is 23.3 Å². The highest BCUT2D eigenvalue weighted by Crippen LogP contribution is 2.39. The summed E-state index contributed by atoms with van der Waals surface area (Å²) in [5, 5.41) is 17.0. The summed E-state index contributed by atoms with van der Waals surface area (Å²) in [6.07, 6.45) is 6.25. The van der Waals surface area contributed by atoms with Gasteiger partial charge in [0.25, 0.3) is 0 Å². The molecule has 0 spiro atoms. The minimum Gasteiger partial charge on any atom is -0.356 e. The van der Waals surface area contributed by atoms with Gasteiger partial charge in [0.1, 0.15) is 0 Å². The first-order valence-electron chi connectivity index (χ1n) is 12.7. The molecule has 10 heteroatoms. The molecule has 3 aromatic rings. The number of nitrogens with one attached hydrogen (secondary N) is 4. The molecule has 1 aromatic carbocycles. The number of rotatable bonds is 14. The SMILES string of the molecule is CCN(CC)CCCNC(=O)CCc1cccc(Nc2ncc(Br)c(Nc3cc(C4CC4)[nH]n3)n2)c1. The van der Waals surface area contributed by atoms with Gasteiger partial charge in [-0.05, 0) is 78.9 Å². The zero-order valence-electron chi connectivity index (χ0n) is 21.0. The van der Waals surface area contributed by atoms with Crippen molar-refractivity contribution in [3.63, 3.8) is 0 Å². The molecule has 0 radical (unpaired) electrons. The smallest absolute Gasteiger partial charge is 0.229 e. The lowest BCUT2D eigenvalue weighted by Gasteiger charge is -2.17. The van der Waals surface area contributed by atoms with E-state index in [4.69, 9.17) is 0 Å². The summed E-state index contributed by atoms with van der Waals surface area (Å²) >= 11 is 3.51. The van der Waals surface area contributed by atoms with Crippen molar-refractivity contribution in [2.24, 2.45) is 0 Å². The Morgan fingerprint density at radius 3 is 2.81 bits per heavy atom. The largest absolute Gasteiger partial charge is 0.356 e. The average molecular weight is 556 g/mol. The van der Waals surface area contributed by atoms with Crippen LogP contribution in [0.1, 0.15) is 56.7 Å². The van der Waals surface area contributed by atoms with E-state index in [2.05, 4.69) is 70.8 Å². The molecule has 1 saturated carbocycles. The van der Waals surface area contributed by atoms with Crippen LogP contribution in [0.3, 0.4) is 0 Å². The van der Waals surface area contributed by atoms with Crippen LogP contribution in [0.5, 0.6) is 0 Å². The van der Waals surface area contributed by atoms with Gasteiger partial charge in [0, 0.05) is 42.5 Å². The summed E-state index contributed by atoms with van der Waals surface area (Å²) < 4.78 is 0.751. The van der Waals surface area contributed by atoms with Gasteiger partial charge in [0.15, 0.2) is 11.6 Å². The summed E-state index contributed by atoms with van der Waals surface area (Å²) in [5.41, 5.74) is 3.11. The van der Waals surface area contributed by atoms with E-state index >= 15 is 0 Å². The first kappa shape index (κ1) is 26.1. The molecule has 1 fully saturated rings. The lowest BCUT2D eigenvalue weighted by molar-refractivity contribution is -0.121. The number of H-pyrrole nitrogens is 1. The normalized spacial score (nSPS) is 13.1. The van der Waals surface area contributed by atoms with Gasteiger partial charge in [-0.1, -0.05) is 26.0 Å². The van der Waals surface area contributed by atoms with Crippen LogP contribution in [0.15, 0.2) is 41.0 Å². The molecule has 0 aliphatic heterocycles. The van der Waals surface area contributed by atoms with Crippen molar-refractivity contribution < 1.29 is 4.79 Å². The van der Waals surface area contributed by atoms with Crippen molar-refractivity contribution >= 4 is 45.1 Å². The number of carbonyl (C=O) groups is 1. The van der Waals surface area contributed by atoms with Crippen molar-refractivity contribution in [3.05, 3.63) is 52.3 Å². The number of halogens is 1. The van der Waals surface area contributed by atoms with Crippen LogP contribution in [0.2, 0.25) is 0 Å². The fourth-order valence-electron chi connectivity index (χ4n) is 3.99. The Kier molecular flexibility index (Phi) is 9.29. The van der Waals surface area contributed by atoms with Gasteiger partial charge in [0.2, 0.25) is 11.9 Å². The van der Waals surface area contributed by atoms with Crippen molar-refractivity contribution in [2.75, 3.05) is 36.8 Å². The maximum Gasteiger partial charge on any atom is 0.229 e. The van der Waals surface area contributed by atoms with Crippen LogP contribution in [0.25, 0.3) is 0 Å². The third-order valence-corrected chi connectivity index (χ3v) is 6.88. The summed E-state index contributed by atoms with van der Waals surface area (Å²) in [5.74, 6) is 2.53. The van der Waals surface area contributed by atoms with Crippen molar-refractivity contribution in [1.29, 1.82) is 0 Å². The number of amides is 1. The van der Waals surface area contributed by atoms with E-state index in [0.717, 1.165) is 53.3 Å². The van der Waals surface area contributed by atoms with Crippen LogP contribution < -0.4 is 16.0 Å². The summed E-state index contributed by atoms with van der Waals surface area (Å²) in [6.45, 7) is 8.14. The average Bonchev–Trinajstić information content (AvgIpc) is 3.63. The first-order chi connectivity index (χ1) is 17.5. The molecule has 192 valence electrons. The number of aromatic nitrogens is 4. The predicted octanol–water partition coefficient (Wildman–Crippen LogP) is 5.11. The summed E-state index contributed by atoms with van der Waals surface area (Å²) in [7, 11) is 0. The maximum absolute atomic E-state index is 12.3. The zero-order valence-corrected chi connectivity index (χ0v) is 22.6. The number of nitrogens with zero attached hydrogens (tertiary/aromatic N) is 4. The number of anilines is 4. The Labute approximate surface area is 221 Å². The lowest BCUT2D eigenvalue weighted by atomic mass is 10.1. The number of carbonyl (C=O) groups excluding carboxylic acids is 1. The molecule has 4 N–H and O–H groups in total. The second-order valence-corrected chi connectivity index (χ2v) is 9.91. The molecule has 2 heterocycles. The van der Waals surface area contributed by atoms with E-state index in [1.54, 1.807) is 6.20 Å². The standard InChI is InChI=1S/C26H35BrN8O/c1-3-35(4-2)14-6-13-28-24(36)12-9-18-7-5-8-20(15-18)30-26-29-17-21(27)25(32-26)31-23-16-22(33-34-23)19-10-11-19/h5,7-8,15-17,19H,3-4,6,9-14H2,1-2H3,(H,28,36)(H3,29,30,31,32,33,34). The van der Waals surface area contributed by atoms with Crippen LogP contribution >= 0.6 is 15.9 Å². The maximum atomic E-state index is 12.3. The Balaban J connectivity index is 1.27. The third-order valence-electron chi connectivity index (χ3n) is 6.30. The predicted molar refractivity (Wildman–Crippen MR) is 147 cm³/mol. The molecule has 2 aromatic heterocycles. The zero-order chi connectivity index (χ0) is 25.3. The molecule has 1 amide bonds. The topological polar surface area (TPSA) is 111 Å². The van der Waals surface area contributed by atoms with E-state index in [1.165, 1.54) is 12.8 Å². The number of aryl methyl sites for hydroxylation is 1. The third kappa shape index (κ3) is 7.76. The van der Waals surface area contributed by atoms with E-state index in [9.17, 15) is 4.79 Å². The van der Waals surface area contributed by atoms with Gasteiger partial charge < -0.3 is 20.9 Å². The van der Waals surface area contributed by atoms with Crippen LogP contribution in [0, 0.1) is 0 Å². The van der Waals surface area contributed by atoms with Gasteiger partial charge in [-0.3, -0.25) is 9.89 Å². The molecule has 0 unspecified atom stereocenters. The van der Waals surface area contributed by atoms with Gasteiger partial charge in [-0.2, -0.15) is 10.1 Å². The molecule has 1 aliphatic rings. The van der Waals surface area contributed by atoms with Gasteiger partial charge >= 0.3 is 0 Å². The lowest BCUT2D eigenvalue weighted by Crippen LogP contribution is -2.30. The van der Waals surface area contributed by atoms with E-state index in [-0.39, 0.29) is 5.91 Å². The summed E-state index contributed by atoms with van der Waals surface area (Å²) in [6, 6.07) is 10.0. The highest BCUT2D eigenvalue weighted by atomic mass is 79.9. The second-order valence-electron chi connectivity index (χ2n) is 9.05. The number of hydrogen-bond donors (Lipinski definition) is 4. The minimum atomic E-state index is 0.0862. The molecule has 1 aliphatic carbocycles. The Hall–Kier alpha value is -2.98. The molecular formula is C26H35BrN8O. The number of hydrogen-bond acceptors (Lipinski definition) is 7. The fraction of sp³-hybridized carbons (Fsp3) is 0.462. The molecular weight excluding hydrogens is 520 g/mol. The van der Waals surface area contributed by atoms with Gasteiger partial charge in [-0.15, -0.1) is 0 Å². The molecule has 0 atom stereocenters. The molecule has 36 heavy (non-hydrogen) atoms. The number of benzene rings is 1. The van der Waals surface area contributed by atoms with Gasteiger partial charge in [-0.25, -0.2) is 4.98 Å². The van der Waals surface area contributed by atoms with Crippen molar-refractivity contribution in [3.8, 4) is 0 Å².